The zero-order valence-corrected chi connectivity index (χ0v) is 10.1. The van der Waals surface area contributed by atoms with Crippen molar-refractivity contribution in [3.05, 3.63) is 63.7 Å². The number of hydrogen-bond donors (Lipinski definition) is 1. The number of carboxylic acids is 1. The van der Waals surface area contributed by atoms with Gasteiger partial charge in [-0.15, -0.1) is 0 Å². The van der Waals surface area contributed by atoms with E-state index in [2.05, 4.69) is 0 Å². The Bertz CT molecular complexity index is 698. The van der Waals surface area contributed by atoms with Gasteiger partial charge in [0, 0.05) is 12.1 Å². The molecule has 6 heteroatoms. The molecule has 0 aliphatic heterocycles. The molecule has 6 nitrogen and oxygen atoms in total. The number of rotatable bonds is 3. The number of carboxylic acid groups (broad SMARTS) is 1. The summed E-state index contributed by atoms with van der Waals surface area (Å²) in [5, 5.41) is 28.5. The lowest BCUT2D eigenvalue weighted by Crippen LogP contribution is -1.99. The van der Waals surface area contributed by atoms with Crippen LogP contribution in [0.3, 0.4) is 0 Å². The molecule has 0 saturated carbocycles. The topological polar surface area (TPSA) is 104 Å². The second kappa shape index (κ2) is 5.20. The first-order valence-electron chi connectivity index (χ1n) is 5.54. The second-order valence-corrected chi connectivity index (χ2v) is 4.02. The summed E-state index contributed by atoms with van der Waals surface area (Å²) < 4.78 is 0. The highest BCUT2D eigenvalue weighted by atomic mass is 16.6. The van der Waals surface area contributed by atoms with E-state index in [9.17, 15) is 14.9 Å². The van der Waals surface area contributed by atoms with Crippen molar-refractivity contribution in [2.75, 3.05) is 0 Å². The first-order chi connectivity index (χ1) is 9.51. The Kier molecular flexibility index (Phi) is 3.44. The van der Waals surface area contributed by atoms with Crippen LogP contribution in [0.1, 0.15) is 15.9 Å². The molecule has 0 atom stereocenters. The zero-order valence-electron chi connectivity index (χ0n) is 10.1. The average Bonchev–Trinajstić information content (AvgIpc) is 2.46. The summed E-state index contributed by atoms with van der Waals surface area (Å²) in [6, 6.07) is 12.0. The fraction of sp³-hybridized carbons (Fsp3) is 0. The molecule has 0 heterocycles. The van der Waals surface area contributed by atoms with E-state index in [1.54, 1.807) is 24.3 Å². The van der Waals surface area contributed by atoms with Crippen molar-refractivity contribution >= 4 is 11.7 Å². The van der Waals surface area contributed by atoms with Crippen molar-refractivity contribution in [1.29, 1.82) is 5.26 Å². The number of aromatic carboxylic acids is 1. The van der Waals surface area contributed by atoms with Crippen LogP contribution in [0.25, 0.3) is 11.1 Å². The van der Waals surface area contributed by atoms with Crippen LogP contribution in [-0.2, 0) is 0 Å². The van der Waals surface area contributed by atoms with E-state index < -0.39 is 10.9 Å². The van der Waals surface area contributed by atoms with Gasteiger partial charge in [-0.25, -0.2) is 4.79 Å². The Morgan fingerprint density at radius 1 is 1.15 bits per heavy atom. The molecule has 0 unspecified atom stereocenters. The summed E-state index contributed by atoms with van der Waals surface area (Å²) in [6.07, 6.45) is 0. The molecular formula is C14H8N2O4. The van der Waals surface area contributed by atoms with E-state index in [4.69, 9.17) is 10.4 Å². The number of hydrogen-bond acceptors (Lipinski definition) is 4. The van der Waals surface area contributed by atoms with Gasteiger partial charge in [-0.3, -0.25) is 10.1 Å². The Morgan fingerprint density at radius 2 is 1.80 bits per heavy atom. The molecule has 0 spiro atoms. The summed E-state index contributed by atoms with van der Waals surface area (Å²) in [4.78, 5) is 21.2. The normalized spacial score (nSPS) is 9.75. The summed E-state index contributed by atoms with van der Waals surface area (Å²) >= 11 is 0. The third-order valence-corrected chi connectivity index (χ3v) is 2.72. The second-order valence-electron chi connectivity index (χ2n) is 4.02. The van der Waals surface area contributed by atoms with Gasteiger partial charge in [0.05, 0.1) is 22.1 Å². The first kappa shape index (κ1) is 13.2. The lowest BCUT2D eigenvalue weighted by Gasteiger charge is -2.04. The van der Waals surface area contributed by atoms with Crippen LogP contribution in [0.15, 0.2) is 42.5 Å². The molecule has 2 rings (SSSR count). The fourth-order valence-corrected chi connectivity index (χ4v) is 1.74. The third-order valence-electron chi connectivity index (χ3n) is 2.72. The van der Waals surface area contributed by atoms with Gasteiger partial charge in [-0.2, -0.15) is 5.26 Å². The van der Waals surface area contributed by atoms with Crippen molar-refractivity contribution in [3.63, 3.8) is 0 Å². The van der Waals surface area contributed by atoms with Gasteiger partial charge in [0.1, 0.15) is 0 Å². The van der Waals surface area contributed by atoms with Crippen LogP contribution < -0.4 is 0 Å². The smallest absolute Gasteiger partial charge is 0.335 e. The maximum absolute atomic E-state index is 11.0. The largest absolute Gasteiger partial charge is 0.478 e. The SMILES string of the molecule is N#Cc1ccc(-c2cc(C(=O)O)cc([N+](=O)[O-])c2)cc1. The number of carbonyl (C=O) groups is 1. The highest BCUT2D eigenvalue weighted by Gasteiger charge is 2.14. The lowest BCUT2D eigenvalue weighted by atomic mass is 10.0. The summed E-state index contributed by atoms with van der Waals surface area (Å²) in [6.45, 7) is 0. The van der Waals surface area contributed by atoms with Crippen LogP contribution in [-0.4, -0.2) is 16.0 Å². The van der Waals surface area contributed by atoms with Gasteiger partial charge in [-0.05, 0) is 29.3 Å². The molecule has 0 aliphatic carbocycles. The van der Waals surface area contributed by atoms with Crippen LogP contribution in [0.2, 0.25) is 0 Å². The van der Waals surface area contributed by atoms with Crippen LogP contribution in [0.5, 0.6) is 0 Å². The fourth-order valence-electron chi connectivity index (χ4n) is 1.74. The number of nitro groups is 1. The Hall–Kier alpha value is -3.20. The van der Waals surface area contributed by atoms with E-state index in [0.717, 1.165) is 6.07 Å². The van der Waals surface area contributed by atoms with Gasteiger partial charge >= 0.3 is 5.97 Å². The van der Waals surface area contributed by atoms with Gasteiger partial charge in [-0.1, -0.05) is 12.1 Å². The van der Waals surface area contributed by atoms with E-state index in [1.807, 2.05) is 6.07 Å². The van der Waals surface area contributed by atoms with Crippen LogP contribution >= 0.6 is 0 Å². The van der Waals surface area contributed by atoms with Crippen molar-refractivity contribution in [2.24, 2.45) is 0 Å². The van der Waals surface area contributed by atoms with Crippen molar-refractivity contribution < 1.29 is 14.8 Å². The number of nitriles is 1. The van der Waals surface area contributed by atoms with Crippen molar-refractivity contribution in [2.45, 2.75) is 0 Å². The van der Waals surface area contributed by atoms with E-state index in [-0.39, 0.29) is 11.3 Å². The Morgan fingerprint density at radius 3 is 2.30 bits per heavy atom. The predicted octanol–water partition coefficient (Wildman–Crippen LogP) is 2.83. The van der Waals surface area contributed by atoms with Crippen LogP contribution in [0.4, 0.5) is 5.69 Å². The van der Waals surface area contributed by atoms with Gasteiger partial charge in [0.25, 0.3) is 5.69 Å². The minimum absolute atomic E-state index is 0.154. The molecule has 20 heavy (non-hydrogen) atoms. The van der Waals surface area contributed by atoms with E-state index in [1.165, 1.54) is 12.1 Å². The highest BCUT2D eigenvalue weighted by molar-refractivity contribution is 5.90. The lowest BCUT2D eigenvalue weighted by molar-refractivity contribution is -0.384. The molecular weight excluding hydrogens is 260 g/mol. The van der Waals surface area contributed by atoms with Crippen molar-refractivity contribution in [3.8, 4) is 17.2 Å². The standard InChI is InChI=1S/C14H8N2O4/c15-8-9-1-3-10(4-2-9)11-5-12(14(17)18)7-13(6-11)16(19)20/h1-7H,(H,17,18). The molecule has 1 N–H and O–H groups in total. The average molecular weight is 268 g/mol. The minimum atomic E-state index is -1.23. The molecule has 0 bridgehead atoms. The van der Waals surface area contributed by atoms with E-state index >= 15 is 0 Å². The number of nitrogens with zero attached hydrogens (tertiary/aromatic N) is 2. The van der Waals surface area contributed by atoms with Gasteiger partial charge < -0.3 is 5.11 Å². The predicted molar refractivity (Wildman–Crippen MR) is 70.2 cm³/mol. The Balaban J connectivity index is 2.57. The number of non-ortho nitro benzene ring substituents is 1. The minimum Gasteiger partial charge on any atom is -0.478 e. The molecule has 0 amide bonds. The number of benzene rings is 2. The molecule has 0 aliphatic rings. The summed E-state index contributed by atoms with van der Waals surface area (Å²) in [7, 11) is 0. The maximum Gasteiger partial charge on any atom is 0.335 e. The molecule has 98 valence electrons. The first-order valence-corrected chi connectivity index (χ1v) is 5.54. The maximum atomic E-state index is 11.0. The molecule has 0 fully saturated rings. The van der Waals surface area contributed by atoms with Gasteiger partial charge in [0.15, 0.2) is 0 Å². The number of nitro benzene ring substituents is 1. The quantitative estimate of drug-likeness (QED) is 0.680. The monoisotopic (exact) mass is 268 g/mol. The molecule has 2 aromatic carbocycles. The molecule has 2 aromatic rings. The highest BCUT2D eigenvalue weighted by Crippen LogP contribution is 2.26. The van der Waals surface area contributed by atoms with Crippen LogP contribution in [0, 0.1) is 21.4 Å². The Labute approximate surface area is 113 Å². The van der Waals surface area contributed by atoms with E-state index in [0.29, 0.717) is 16.7 Å². The third kappa shape index (κ3) is 2.62. The zero-order chi connectivity index (χ0) is 14.7. The summed E-state index contributed by atoms with van der Waals surface area (Å²) in [5.41, 5.74) is 1.04. The molecule has 0 saturated heterocycles. The molecule has 0 aromatic heterocycles. The molecule has 0 radical (unpaired) electrons. The van der Waals surface area contributed by atoms with Crippen molar-refractivity contribution in [1.82, 2.24) is 0 Å². The van der Waals surface area contributed by atoms with Gasteiger partial charge in [0.2, 0.25) is 0 Å². The summed E-state index contributed by atoms with van der Waals surface area (Å²) in [5.74, 6) is -1.23.